The lowest BCUT2D eigenvalue weighted by molar-refractivity contribution is -0.161. The Morgan fingerprint density at radius 2 is 0.421 bits per heavy atom. The van der Waals surface area contributed by atoms with Crippen molar-refractivity contribution in [2.75, 3.05) is 39.6 Å². The molecule has 0 aromatic carbocycles. The van der Waals surface area contributed by atoms with E-state index >= 15 is 0 Å². The number of carbonyl (C=O) groups excluding carboxylic acids is 4. The molecule has 0 heterocycles. The molecule has 0 aromatic rings. The summed E-state index contributed by atoms with van der Waals surface area (Å²) >= 11 is 0. The fourth-order valence-corrected chi connectivity index (χ4v) is 13.3. The summed E-state index contributed by atoms with van der Waals surface area (Å²) in [6.45, 7) is 4.97. The Balaban J connectivity index is 5.18. The smallest absolute Gasteiger partial charge is 0.462 e. The number of carbonyl (C=O) groups is 4. The Morgan fingerprint density at radius 3 is 0.621 bits per heavy atom. The van der Waals surface area contributed by atoms with Crippen molar-refractivity contribution >= 4 is 39.5 Å². The van der Waals surface area contributed by atoms with Crippen molar-refractivity contribution in [3.8, 4) is 0 Å². The van der Waals surface area contributed by atoms with Crippen molar-refractivity contribution in [2.45, 2.75) is 425 Å². The van der Waals surface area contributed by atoms with E-state index in [0.29, 0.717) is 25.7 Å². The van der Waals surface area contributed by atoms with Gasteiger partial charge in [-0.2, -0.15) is 0 Å². The molecule has 0 rings (SSSR count). The number of rotatable bonds is 77. The lowest BCUT2D eigenvalue weighted by Gasteiger charge is -2.21. The van der Waals surface area contributed by atoms with Gasteiger partial charge in [-0.05, 0) is 25.7 Å². The van der Waals surface area contributed by atoms with Crippen LogP contribution >= 0.6 is 15.6 Å². The van der Waals surface area contributed by atoms with Crippen molar-refractivity contribution < 1.29 is 80.2 Å². The SMILES string of the molecule is CCCCCCCCCCCCCCCCCCCCCCCC(=O)O[C@H](COC(=O)CCCCCCCCCCCCCCC)COP(=O)(O)OC[C@@H](O)COP(=O)(O)OC[C@@H](COC(=O)CCCCCCCCCCC)OC(=O)CCCCCCCCCCCCCC. The zero-order valence-electron chi connectivity index (χ0n) is 61.6. The molecule has 3 N–H and O–H groups in total. The van der Waals surface area contributed by atoms with Gasteiger partial charge in [-0.15, -0.1) is 0 Å². The van der Waals surface area contributed by atoms with E-state index in [4.69, 9.17) is 37.0 Å². The number of esters is 4. The van der Waals surface area contributed by atoms with E-state index in [1.807, 2.05) is 0 Å². The molecule has 0 aliphatic carbocycles. The summed E-state index contributed by atoms with van der Waals surface area (Å²) in [7, 11) is -9.90. The topological polar surface area (TPSA) is 237 Å². The minimum absolute atomic E-state index is 0.108. The molecule has 0 bridgehead atoms. The highest BCUT2D eigenvalue weighted by Crippen LogP contribution is 2.45. The molecular formula is C76H148O17P2. The van der Waals surface area contributed by atoms with Crippen LogP contribution in [0.3, 0.4) is 0 Å². The molecule has 0 aliphatic rings. The van der Waals surface area contributed by atoms with Crippen LogP contribution in [0.25, 0.3) is 0 Å². The van der Waals surface area contributed by atoms with Crippen molar-refractivity contribution in [1.82, 2.24) is 0 Å². The number of aliphatic hydroxyl groups is 1. The Morgan fingerprint density at radius 1 is 0.253 bits per heavy atom. The molecule has 0 radical (unpaired) electrons. The summed E-state index contributed by atoms with van der Waals surface area (Å²) in [4.78, 5) is 72.7. The van der Waals surface area contributed by atoms with Gasteiger partial charge in [0.1, 0.15) is 19.3 Å². The molecule has 0 saturated carbocycles. The molecule has 17 nitrogen and oxygen atoms in total. The normalized spacial score (nSPS) is 13.9. The molecule has 2 unspecified atom stereocenters. The minimum atomic E-state index is -4.95. The van der Waals surface area contributed by atoms with Crippen LogP contribution < -0.4 is 0 Å². The zero-order chi connectivity index (χ0) is 69.7. The summed E-state index contributed by atoms with van der Waals surface area (Å²) in [5.74, 6) is -2.11. The quantitative estimate of drug-likeness (QED) is 0.0222. The van der Waals surface area contributed by atoms with Gasteiger partial charge >= 0.3 is 39.5 Å². The van der Waals surface area contributed by atoms with Gasteiger partial charge in [0.05, 0.1) is 26.4 Å². The van der Waals surface area contributed by atoms with E-state index in [0.717, 1.165) is 89.9 Å². The Hall–Kier alpha value is -1.94. The third-order valence-corrected chi connectivity index (χ3v) is 19.8. The van der Waals surface area contributed by atoms with Gasteiger partial charge in [0.25, 0.3) is 0 Å². The van der Waals surface area contributed by atoms with Gasteiger partial charge in [-0.25, -0.2) is 9.13 Å². The first-order valence-electron chi connectivity index (χ1n) is 39.8. The van der Waals surface area contributed by atoms with Gasteiger partial charge < -0.3 is 33.8 Å². The van der Waals surface area contributed by atoms with Crippen LogP contribution in [-0.4, -0.2) is 96.7 Å². The number of ether oxygens (including phenoxy) is 4. The molecule has 0 aromatic heterocycles. The molecule has 95 heavy (non-hydrogen) atoms. The third kappa shape index (κ3) is 70.3. The van der Waals surface area contributed by atoms with E-state index in [2.05, 4.69) is 27.7 Å². The Bertz CT molecular complexity index is 1810. The third-order valence-electron chi connectivity index (χ3n) is 17.9. The van der Waals surface area contributed by atoms with E-state index in [-0.39, 0.29) is 25.7 Å². The second-order valence-electron chi connectivity index (χ2n) is 27.4. The van der Waals surface area contributed by atoms with Crippen molar-refractivity contribution in [3.63, 3.8) is 0 Å². The largest absolute Gasteiger partial charge is 0.472 e. The van der Waals surface area contributed by atoms with E-state index in [9.17, 15) is 43.2 Å². The lowest BCUT2D eigenvalue weighted by atomic mass is 10.0. The van der Waals surface area contributed by atoms with E-state index in [1.54, 1.807) is 0 Å². The molecule has 0 fully saturated rings. The summed E-state index contributed by atoms with van der Waals surface area (Å²) < 4.78 is 68.5. The number of hydrogen-bond acceptors (Lipinski definition) is 15. The number of phosphoric acid groups is 2. The van der Waals surface area contributed by atoms with Crippen LogP contribution in [0.4, 0.5) is 0 Å². The molecule has 0 spiro atoms. The fourth-order valence-electron chi connectivity index (χ4n) is 11.8. The number of unbranched alkanes of at least 4 members (excludes halogenated alkanes) is 51. The number of phosphoric ester groups is 2. The van der Waals surface area contributed by atoms with Crippen molar-refractivity contribution in [2.24, 2.45) is 0 Å². The highest BCUT2D eigenvalue weighted by Gasteiger charge is 2.30. The Kier molecular flexibility index (Phi) is 69.1. The van der Waals surface area contributed by atoms with Crippen molar-refractivity contribution in [1.29, 1.82) is 0 Å². The second kappa shape index (κ2) is 70.5. The highest BCUT2D eigenvalue weighted by molar-refractivity contribution is 7.47. The maximum atomic E-state index is 13.1. The monoisotopic (exact) mass is 1400 g/mol. The van der Waals surface area contributed by atoms with E-state index in [1.165, 1.54) is 238 Å². The number of hydrogen-bond donors (Lipinski definition) is 3. The summed E-state index contributed by atoms with van der Waals surface area (Å²) in [5, 5.41) is 10.6. The minimum Gasteiger partial charge on any atom is -0.462 e. The van der Waals surface area contributed by atoms with Crippen LogP contribution in [0.15, 0.2) is 0 Å². The van der Waals surface area contributed by atoms with Crippen LogP contribution in [-0.2, 0) is 65.4 Å². The summed E-state index contributed by atoms with van der Waals surface area (Å²) in [6.07, 6.45) is 61.0. The molecule has 0 aliphatic heterocycles. The van der Waals surface area contributed by atoms with Gasteiger partial charge in [-0.3, -0.25) is 37.3 Å². The maximum Gasteiger partial charge on any atom is 0.472 e. The summed E-state index contributed by atoms with van der Waals surface area (Å²) in [5.41, 5.74) is 0. The van der Waals surface area contributed by atoms with Crippen molar-refractivity contribution in [3.05, 3.63) is 0 Å². The second-order valence-corrected chi connectivity index (χ2v) is 30.3. The van der Waals surface area contributed by atoms with Gasteiger partial charge in [0.2, 0.25) is 0 Å². The molecule has 564 valence electrons. The van der Waals surface area contributed by atoms with Crippen LogP contribution in [0.2, 0.25) is 0 Å². The average molecular weight is 1400 g/mol. The Labute approximate surface area is 581 Å². The first-order valence-corrected chi connectivity index (χ1v) is 42.8. The average Bonchev–Trinajstić information content (AvgIpc) is 1.62. The zero-order valence-corrected chi connectivity index (χ0v) is 63.4. The van der Waals surface area contributed by atoms with Crippen LogP contribution in [0.1, 0.15) is 407 Å². The lowest BCUT2D eigenvalue weighted by Crippen LogP contribution is -2.30. The fraction of sp³-hybridized carbons (Fsp3) is 0.947. The van der Waals surface area contributed by atoms with Gasteiger partial charge in [0, 0.05) is 25.7 Å². The first-order chi connectivity index (χ1) is 46.2. The molecule has 0 saturated heterocycles. The predicted octanol–water partition coefficient (Wildman–Crippen LogP) is 22.6. The van der Waals surface area contributed by atoms with Crippen LogP contribution in [0.5, 0.6) is 0 Å². The molecule has 19 heteroatoms. The number of aliphatic hydroxyl groups excluding tert-OH is 1. The molecule has 5 atom stereocenters. The first kappa shape index (κ1) is 93.1. The standard InChI is InChI=1S/C76H148O17P2/c1-5-9-13-17-21-25-28-31-32-33-34-35-36-37-38-40-43-47-51-55-59-63-76(81)93-72(67-87-74(79)61-57-53-49-45-42-39-29-26-22-18-14-10-6-2)69-91-95(84,85)89-65-70(77)64-88-94(82,83)90-68-71(66-86-73(78)60-56-52-48-44-24-20-16-12-8-4)92-75(80)62-58-54-50-46-41-30-27-23-19-15-11-7-3/h70-72,77H,5-69H2,1-4H3,(H,82,83)(H,84,85)/t70-,71+,72+/m0/s1. The van der Waals surface area contributed by atoms with Gasteiger partial charge in [0.15, 0.2) is 12.2 Å². The predicted molar refractivity (Wildman–Crippen MR) is 386 cm³/mol. The van der Waals surface area contributed by atoms with Gasteiger partial charge in [-0.1, -0.05) is 355 Å². The maximum absolute atomic E-state index is 13.1. The van der Waals surface area contributed by atoms with Crippen LogP contribution in [0, 0.1) is 0 Å². The molecule has 0 amide bonds. The summed E-state index contributed by atoms with van der Waals surface area (Å²) in [6, 6.07) is 0. The highest BCUT2D eigenvalue weighted by atomic mass is 31.2. The van der Waals surface area contributed by atoms with E-state index < -0.39 is 97.5 Å². The molecular weight excluding hydrogens is 1250 g/mol.